The monoisotopic (exact) mass is 818 g/mol. The number of likely N-dealkylation sites (N-methyl/N-ethyl adjacent to an activating group) is 1. The predicted molar refractivity (Wildman–Crippen MR) is 240 cm³/mol. The number of hydrogen-bond acceptors (Lipinski definition) is 7. The Bertz CT molecular complexity index is 1050. The fourth-order valence-corrected chi connectivity index (χ4v) is 7.02. The molecule has 2 unspecified atom stereocenters. The third-order valence-electron chi connectivity index (χ3n) is 10.8. The molecule has 0 fully saturated rings. The Labute approximate surface area is 357 Å². The second kappa shape index (κ2) is 41.3. The lowest BCUT2D eigenvalue weighted by molar-refractivity contribution is -0.889. The van der Waals surface area contributed by atoms with Crippen molar-refractivity contribution in [1.29, 1.82) is 0 Å². The standard InChI is InChI=1S/C50H91NO7/c1-6-8-10-12-14-16-18-20-22-23-24-25-27-29-31-33-35-37-39-41-49(53)58-46(44-56-43-42-47(50(54)55)51(3,4)5)45-57-48(52)40-38-36-34-32-30-28-26-21-19-17-15-13-11-9-7-2/h14,16,20,22,24-25,46-47H,6-13,15,17-19,21,23,26-45H2,1-5H3/b16-14-,22-20-,25-24-. The molecular formula is C50H91NO7. The number of carboxylic acid groups (broad SMARTS) is 1. The predicted octanol–water partition coefficient (Wildman–Crippen LogP) is 12.1. The molecule has 0 rings (SSSR count). The number of hydrogen-bond donors (Lipinski definition) is 0. The molecule has 0 aliphatic rings. The lowest BCUT2D eigenvalue weighted by Gasteiger charge is -2.34. The summed E-state index contributed by atoms with van der Waals surface area (Å²) in [6.45, 7) is 4.64. The number of carbonyl (C=O) groups excluding carboxylic acids is 3. The maximum atomic E-state index is 12.7. The summed E-state index contributed by atoms with van der Waals surface area (Å²) in [5.41, 5.74) is 0. The van der Waals surface area contributed by atoms with Gasteiger partial charge in [0.25, 0.3) is 0 Å². The number of quaternary nitrogens is 1. The van der Waals surface area contributed by atoms with Gasteiger partial charge in [0.1, 0.15) is 12.6 Å². The van der Waals surface area contributed by atoms with Crippen LogP contribution in [0.25, 0.3) is 0 Å². The summed E-state index contributed by atoms with van der Waals surface area (Å²) in [5, 5.41) is 11.6. The minimum absolute atomic E-state index is 0.0379. The third kappa shape index (κ3) is 39.0. The minimum Gasteiger partial charge on any atom is -0.544 e. The van der Waals surface area contributed by atoms with Crippen LogP contribution in [0.1, 0.15) is 213 Å². The number of unbranched alkanes of at least 4 members (excludes halogenated alkanes) is 23. The molecule has 0 saturated heterocycles. The first-order valence-corrected chi connectivity index (χ1v) is 24.0. The number of carbonyl (C=O) groups is 3. The SMILES string of the molecule is CCCCC/C=C\C/C=C\C/C=C\CCCCCCCCC(=O)OC(COCCC(C(=O)[O-])[N+](C)(C)C)COC(=O)CCCCCCCCCCCCCCCCC. The highest BCUT2D eigenvalue weighted by molar-refractivity contribution is 5.70. The molecule has 0 spiro atoms. The molecule has 0 amide bonds. The second-order valence-corrected chi connectivity index (χ2v) is 17.4. The van der Waals surface area contributed by atoms with Crippen molar-refractivity contribution in [1.82, 2.24) is 0 Å². The van der Waals surface area contributed by atoms with Crippen molar-refractivity contribution < 1.29 is 38.2 Å². The van der Waals surface area contributed by atoms with E-state index in [0.717, 1.165) is 64.2 Å². The van der Waals surface area contributed by atoms with Crippen molar-refractivity contribution in [3.05, 3.63) is 36.5 Å². The van der Waals surface area contributed by atoms with Gasteiger partial charge in [-0.1, -0.05) is 179 Å². The molecule has 8 nitrogen and oxygen atoms in total. The van der Waals surface area contributed by atoms with Crippen molar-refractivity contribution in [2.75, 3.05) is 41.0 Å². The van der Waals surface area contributed by atoms with Crippen LogP contribution < -0.4 is 5.11 Å². The second-order valence-electron chi connectivity index (χ2n) is 17.4. The third-order valence-corrected chi connectivity index (χ3v) is 10.8. The summed E-state index contributed by atoms with van der Waals surface area (Å²) >= 11 is 0. The Morgan fingerprint density at radius 1 is 0.517 bits per heavy atom. The number of allylic oxidation sites excluding steroid dienone is 6. The summed E-state index contributed by atoms with van der Waals surface area (Å²) in [5.74, 6) is -1.74. The Kier molecular flexibility index (Phi) is 39.5. The van der Waals surface area contributed by atoms with Gasteiger partial charge in [-0.05, 0) is 51.4 Å². The van der Waals surface area contributed by atoms with Crippen LogP contribution in [0.5, 0.6) is 0 Å². The molecule has 8 heteroatoms. The van der Waals surface area contributed by atoms with Gasteiger partial charge in [-0.2, -0.15) is 0 Å². The van der Waals surface area contributed by atoms with Gasteiger partial charge in [-0.15, -0.1) is 0 Å². The summed E-state index contributed by atoms with van der Waals surface area (Å²) in [7, 11) is 5.41. The van der Waals surface area contributed by atoms with Gasteiger partial charge in [0.15, 0.2) is 6.10 Å². The van der Waals surface area contributed by atoms with Gasteiger partial charge in [-0.25, -0.2) is 0 Å². The van der Waals surface area contributed by atoms with Crippen molar-refractivity contribution in [3.8, 4) is 0 Å². The van der Waals surface area contributed by atoms with E-state index >= 15 is 0 Å². The topological polar surface area (TPSA) is 102 Å². The van der Waals surface area contributed by atoms with Gasteiger partial charge in [0.2, 0.25) is 0 Å². The van der Waals surface area contributed by atoms with E-state index in [1.807, 2.05) is 0 Å². The largest absolute Gasteiger partial charge is 0.544 e. The van der Waals surface area contributed by atoms with Crippen LogP contribution in [0.4, 0.5) is 0 Å². The smallest absolute Gasteiger partial charge is 0.306 e. The van der Waals surface area contributed by atoms with Crippen LogP contribution in [0.2, 0.25) is 0 Å². The molecule has 0 aromatic carbocycles. The van der Waals surface area contributed by atoms with Crippen LogP contribution in [-0.4, -0.2) is 75.5 Å². The fourth-order valence-electron chi connectivity index (χ4n) is 7.02. The zero-order valence-electron chi connectivity index (χ0n) is 38.5. The van der Waals surface area contributed by atoms with E-state index in [1.165, 1.54) is 116 Å². The van der Waals surface area contributed by atoms with E-state index in [1.54, 1.807) is 21.1 Å². The van der Waals surface area contributed by atoms with Gasteiger partial charge < -0.3 is 28.6 Å². The van der Waals surface area contributed by atoms with Crippen LogP contribution in [0.15, 0.2) is 36.5 Å². The normalized spacial score (nSPS) is 13.2. The van der Waals surface area contributed by atoms with Crippen molar-refractivity contribution in [2.24, 2.45) is 0 Å². The van der Waals surface area contributed by atoms with Crippen LogP contribution in [-0.2, 0) is 28.6 Å². The molecule has 338 valence electrons. The molecule has 0 N–H and O–H groups in total. The van der Waals surface area contributed by atoms with Crippen LogP contribution >= 0.6 is 0 Å². The Morgan fingerprint density at radius 3 is 1.38 bits per heavy atom. The summed E-state index contributed by atoms with van der Waals surface area (Å²) in [4.78, 5) is 36.9. The molecule has 0 bridgehead atoms. The first kappa shape index (κ1) is 55.5. The minimum atomic E-state index is -1.13. The Hall–Kier alpha value is -2.45. The average molecular weight is 818 g/mol. The molecule has 0 aliphatic carbocycles. The van der Waals surface area contributed by atoms with E-state index in [4.69, 9.17) is 14.2 Å². The lowest BCUT2D eigenvalue weighted by atomic mass is 10.0. The maximum absolute atomic E-state index is 12.7. The number of aliphatic carboxylic acids is 1. The van der Waals surface area contributed by atoms with E-state index < -0.39 is 18.1 Å². The van der Waals surface area contributed by atoms with Crippen molar-refractivity contribution in [2.45, 2.75) is 225 Å². The van der Waals surface area contributed by atoms with Crippen LogP contribution in [0.3, 0.4) is 0 Å². The van der Waals surface area contributed by atoms with E-state index in [9.17, 15) is 19.5 Å². The van der Waals surface area contributed by atoms with Crippen molar-refractivity contribution >= 4 is 17.9 Å². The fraction of sp³-hybridized carbons (Fsp3) is 0.820. The maximum Gasteiger partial charge on any atom is 0.306 e. The number of rotatable bonds is 43. The summed E-state index contributed by atoms with van der Waals surface area (Å²) in [6.07, 6.45) is 47.3. The van der Waals surface area contributed by atoms with E-state index in [0.29, 0.717) is 12.8 Å². The number of nitrogens with zero attached hydrogens (tertiary/aromatic N) is 1. The molecule has 0 heterocycles. The highest BCUT2D eigenvalue weighted by Crippen LogP contribution is 2.15. The van der Waals surface area contributed by atoms with Gasteiger partial charge in [0, 0.05) is 19.3 Å². The molecule has 58 heavy (non-hydrogen) atoms. The first-order valence-electron chi connectivity index (χ1n) is 24.0. The van der Waals surface area contributed by atoms with Crippen molar-refractivity contribution in [3.63, 3.8) is 0 Å². The van der Waals surface area contributed by atoms with Crippen LogP contribution in [0, 0.1) is 0 Å². The number of ether oxygens (including phenoxy) is 3. The van der Waals surface area contributed by atoms with E-state index in [2.05, 4.69) is 50.3 Å². The zero-order valence-corrected chi connectivity index (χ0v) is 38.5. The molecule has 0 aromatic rings. The number of esters is 2. The molecule has 0 radical (unpaired) electrons. The van der Waals surface area contributed by atoms with Gasteiger partial charge >= 0.3 is 11.9 Å². The van der Waals surface area contributed by atoms with Gasteiger partial charge in [-0.3, -0.25) is 9.59 Å². The highest BCUT2D eigenvalue weighted by atomic mass is 16.6. The lowest BCUT2D eigenvalue weighted by Crippen LogP contribution is -2.55. The highest BCUT2D eigenvalue weighted by Gasteiger charge is 2.25. The number of carboxylic acids is 1. The zero-order chi connectivity index (χ0) is 42.8. The molecule has 0 saturated carbocycles. The quantitative estimate of drug-likeness (QED) is 0.0261. The Balaban J connectivity index is 4.31. The summed E-state index contributed by atoms with van der Waals surface area (Å²) < 4.78 is 17.2. The first-order chi connectivity index (χ1) is 28.1. The van der Waals surface area contributed by atoms with Gasteiger partial charge in [0.05, 0.1) is 40.3 Å². The molecule has 2 atom stereocenters. The Morgan fingerprint density at radius 2 is 0.914 bits per heavy atom. The summed E-state index contributed by atoms with van der Waals surface area (Å²) in [6, 6.07) is -0.727. The average Bonchev–Trinajstić information content (AvgIpc) is 3.18. The molecular weight excluding hydrogens is 727 g/mol. The van der Waals surface area contributed by atoms with E-state index in [-0.39, 0.29) is 42.7 Å². The molecule has 0 aromatic heterocycles. The molecule has 0 aliphatic heterocycles.